The molecule has 0 aliphatic heterocycles. The Kier molecular flexibility index (Phi) is 22.8. The Hall–Kier alpha value is 3.09. The molecule has 0 radical (unpaired) electrons. The van der Waals surface area contributed by atoms with Crippen LogP contribution in [0.2, 0.25) is 0 Å². The van der Waals surface area contributed by atoms with Crippen LogP contribution in [0.4, 0.5) is 0 Å². The maximum atomic E-state index is 10.3. The molecular formula is C11H22K2O6S2. The minimum absolute atomic E-state index is 0. The van der Waals surface area contributed by atoms with Gasteiger partial charge in [-0.3, -0.25) is 0 Å². The van der Waals surface area contributed by atoms with Crippen molar-refractivity contribution in [3.63, 3.8) is 0 Å². The van der Waals surface area contributed by atoms with Crippen LogP contribution < -0.4 is 103 Å². The zero-order valence-electron chi connectivity index (χ0n) is 13.0. The Morgan fingerprint density at radius 1 is 0.476 bits per heavy atom. The van der Waals surface area contributed by atoms with Crippen LogP contribution in [0.15, 0.2) is 0 Å². The predicted molar refractivity (Wildman–Crippen MR) is 70.7 cm³/mol. The summed E-state index contributed by atoms with van der Waals surface area (Å²) in [7, 11) is -8.14. The summed E-state index contributed by atoms with van der Waals surface area (Å²) in [5.74, 6) is -0.562. The van der Waals surface area contributed by atoms with Gasteiger partial charge in [0.1, 0.15) is 0 Å². The second-order valence-corrected chi connectivity index (χ2v) is 7.75. The molecule has 0 saturated heterocycles. The van der Waals surface area contributed by atoms with Gasteiger partial charge in [0.15, 0.2) is 0 Å². The zero-order chi connectivity index (χ0) is 14.8. The van der Waals surface area contributed by atoms with Crippen LogP contribution >= 0.6 is 0 Å². The van der Waals surface area contributed by atoms with E-state index in [2.05, 4.69) is 0 Å². The summed E-state index contributed by atoms with van der Waals surface area (Å²) in [4.78, 5) is 0. The zero-order valence-corrected chi connectivity index (χ0v) is 20.9. The van der Waals surface area contributed by atoms with Crippen molar-refractivity contribution in [1.29, 1.82) is 0 Å². The molecule has 21 heavy (non-hydrogen) atoms. The first-order chi connectivity index (χ1) is 8.71. The first kappa shape index (κ1) is 28.9. The summed E-state index contributed by atoms with van der Waals surface area (Å²) in [5, 5.41) is 0. The molecule has 0 heterocycles. The molecule has 0 saturated carbocycles. The van der Waals surface area contributed by atoms with E-state index in [1.807, 2.05) is 0 Å². The molecule has 0 N–H and O–H groups in total. The van der Waals surface area contributed by atoms with Crippen LogP contribution in [-0.2, 0) is 20.2 Å². The summed E-state index contributed by atoms with van der Waals surface area (Å²) in [6.45, 7) is 0. The monoisotopic (exact) mass is 392 g/mol. The van der Waals surface area contributed by atoms with Gasteiger partial charge in [-0.15, -0.1) is 0 Å². The van der Waals surface area contributed by atoms with E-state index in [4.69, 9.17) is 0 Å². The third-order valence-electron chi connectivity index (χ3n) is 2.79. The van der Waals surface area contributed by atoms with Crippen molar-refractivity contribution in [2.75, 3.05) is 11.5 Å². The van der Waals surface area contributed by atoms with Crippen molar-refractivity contribution in [2.45, 2.75) is 57.8 Å². The molecule has 0 aromatic heterocycles. The fourth-order valence-electron chi connectivity index (χ4n) is 1.80. The van der Waals surface area contributed by atoms with Gasteiger partial charge in [0.25, 0.3) is 0 Å². The van der Waals surface area contributed by atoms with Gasteiger partial charge in [0.05, 0.1) is 20.2 Å². The van der Waals surface area contributed by atoms with Gasteiger partial charge in [-0.2, -0.15) is 0 Å². The van der Waals surface area contributed by atoms with Crippen LogP contribution in [0.25, 0.3) is 0 Å². The molecule has 116 valence electrons. The van der Waals surface area contributed by atoms with Gasteiger partial charge in [-0.1, -0.05) is 44.9 Å². The molecule has 0 rings (SSSR count). The van der Waals surface area contributed by atoms with Gasteiger partial charge in [-0.25, -0.2) is 16.8 Å². The molecule has 0 fully saturated rings. The fourth-order valence-corrected chi connectivity index (χ4v) is 2.91. The Balaban J connectivity index is -0.00000162. The normalized spacial score (nSPS) is 11.5. The molecule has 0 aliphatic carbocycles. The molecule has 10 heteroatoms. The first-order valence-electron chi connectivity index (χ1n) is 6.58. The largest absolute Gasteiger partial charge is 1.00 e. The van der Waals surface area contributed by atoms with Crippen molar-refractivity contribution < 1.29 is 129 Å². The minimum atomic E-state index is -4.07. The quantitative estimate of drug-likeness (QED) is 0.188. The van der Waals surface area contributed by atoms with E-state index in [1.54, 1.807) is 0 Å². The van der Waals surface area contributed by atoms with Crippen molar-refractivity contribution in [2.24, 2.45) is 0 Å². The molecule has 0 amide bonds. The van der Waals surface area contributed by atoms with E-state index in [0.29, 0.717) is 12.8 Å². The van der Waals surface area contributed by atoms with Crippen molar-refractivity contribution >= 4 is 20.2 Å². The van der Waals surface area contributed by atoms with E-state index in [1.165, 1.54) is 0 Å². The fraction of sp³-hybridized carbons (Fsp3) is 1.00. The molecule has 0 aromatic carbocycles. The Bertz CT molecular complexity index is 382. The molecule has 0 aromatic rings. The summed E-state index contributed by atoms with van der Waals surface area (Å²) >= 11 is 0. The predicted octanol–water partition coefficient (Wildman–Crippen LogP) is -4.40. The number of hydrogen-bond acceptors (Lipinski definition) is 6. The van der Waals surface area contributed by atoms with Crippen molar-refractivity contribution in [3.05, 3.63) is 0 Å². The second-order valence-electron chi connectivity index (χ2n) is 4.71. The second kappa shape index (κ2) is 16.6. The van der Waals surface area contributed by atoms with E-state index in [9.17, 15) is 25.9 Å². The van der Waals surface area contributed by atoms with Crippen molar-refractivity contribution in [1.82, 2.24) is 0 Å². The topological polar surface area (TPSA) is 114 Å². The molecule has 0 aliphatic rings. The van der Waals surface area contributed by atoms with E-state index in [-0.39, 0.29) is 114 Å². The van der Waals surface area contributed by atoms with Crippen LogP contribution in [0, 0.1) is 0 Å². The van der Waals surface area contributed by atoms with Gasteiger partial charge in [-0.05, 0) is 12.8 Å². The minimum Gasteiger partial charge on any atom is -0.748 e. The maximum absolute atomic E-state index is 10.3. The van der Waals surface area contributed by atoms with Gasteiger partial charge in [0, 0.05) is 11.5 Å². The summed E-state index contributed by atoms with van der Waals surface area (Å²) < 4.78 is 61.9. The summed E-state index contributed by atoms with van der Waals surface area (Å²) in [5.41, 5.74) is 0. The molecule has 6 nitrogen and oxygen atoms in total. The smallest absolute Gasteiger partial charge is 0.748 e. The molecular weight excluding hydrogens is 370 g/mol. The Morgan fingerprint density at radius 3 is 0.857 bits per heavy atom. The molecule has 0 unspecified atom stereocenters. The van der Waals surface area contributed by atoms with Gasteiger partial charge >= 0.3 is 103 Å². The first-order valence-corrected chi connectivity index (χ1v) is 9.73. The third-order valence-corrected chi connectivity index (χ3v) is 4.37. The van der Waals surface area contributed by atoms with Crippen molar-refractivity contribution in [3.8, 4) is 0 Å². The number of hydrogen-bond donors (Lipinski definition) is 0. The van der Waals surface area contributed by atoms with Crippen LogP contribution in [-0.4, -0.2) is 37.4 Å². The third kappa shape index (κ3) is 28.2. The average Bonchev–Trinajstić information content (AvgIpc) is 2.22. The average molecular weight is 393 g/mol. The van der Waals surface area contributed by atoms with Crippen LogP contribution in [0.3, 0.4) is 0 Å². The Labute approximate surface area is 213 Å². The van der Waals surface area contributed by atoms with E-state index >= 15 is 0 Å². The standard InChI is InChI=1S/C11H24O6S2.2K/c12-18(13,14)10-8-6-4-2-1-3-5-7-9-11-19(15,16)17;;/h1-11H2,(H,12,13,14)(H,15,16,17);;/q;2*+1/p-2. The SMILES string of the molecule is O=S(=O)([O-])CCCCCCCCCCCS(=O)(=O)[O-].[K+].[K+]. The number of unbranched alkanes of at least 4 members (excludes halogenated alkanes) is 8. The number of rotatable bonds is 12. The maximum Gasteiger partial charge on any atom is 1.00 e. The van der Waals surface area contributed by atoms with Gasteiger partial charge < -0.3 is 9.11 Å². The van der Waals surface area contributed by atoms with Crippen LogP contribution in [0.1, 0.15) is 57.8 Å². The molecule has 0 bridgehead atoms. The summed E-state index contributed by atoms with van der Waals surface area (Å²) in [6, 6.07) is 0. The van der Waals surface area contributed by atoms with E-state index in [0.717, 1.165) is 44.9 Å². The van der Waals surface area contributed by atoms with Crippen LogP contribution in [0.5, 0.6) is 0 Å². The van der Waals surface area contributed by atoms with E-state index < -0.39 is 20.2 Å². The summed E-state index contributed by atoms with van der Waals surface area (Å²) in [6.07, 6.45) is 7.13. The molecule has 0 atom stereocenters. The molecule has 0 spiro atoms. The van der Waals surface area contributed by atoms with Gasteiger partial charge in [0.2, 0.25) is 0 Å². The Morgan fingerprint density at radius 2 is 0.667 bits per heavy atom.